The Hall–Kier alpha value is -1.85. The summed E-state index contributed by atoms with van der Waals surface area (Å²) < 4.78 is 4.93. The van der Waals surface area contributed by atoms with Gasteiger partial charge >= 0.3 is 0 Å². The van der Waals surface area contributed by atoms with Crippen LogP contribution < -0.4 is 10.6 Å². The lowest BCUT2D eigenvalue weighted by atomic mass is 10.3. The molecule has 1 aromatic carbocycles. The number of carbonyl (C=O) groups excluding carboxylic acids is 1. The van der Waals surface area contributed by atoms with E-state index in [1.165, 1.54) is 0 Å². The second kappa shape index (κ2) is 6.36. The van der Waals surface area contributed by atoms with Crippen LogP contribution in [0.15, 0.2) is 34.9 Å². The molecule has 6 heteroatoms. The van der Waals surface area contributed by atoms with Crippen LogP contribution in [0.4, 0.5) is 5.69 Å². The molecule has 100 valence electrons. The first-order chi connectivity index (χ1) is 9.13. The molecule has 1 aromatic heterocycles. The van der Waals surface area contributed by atoms with E-state index in [4.69, 9.17) is 16.1 Å². The van der Waals surface area contributed by atoms with Crippen molar-refractivity contribution in [2.75, 3.05) is 11.9 Å². The zero-order chi connectivity index (χ0) is 13.7. The summed E-state index contributed by atoms with van der Waals surface area (Å²) in [7, 11) is 0. The molecule has 0 aliphatic carbocycles. The summed E-state index contributed by atoms with van der Waals surface area (Å²) in [6.07, 6.45) is 0. The maximum Gasteiger partial charge on any atom is 0.238 e. The minimum Gasteiger partial charge on any atom is -0.361 e. The summed E-state index contributed by atoms with van der Waals surface area (Å²) in [6.45, 7) is 2.52. The molecule has 0 saturated carbocycles. The highest BCUT2D eigenvalue weighted by Gasteiger charge is 2.04. The van der Waals surface area contributed by atoms with Crippen LogP contribution in [-0.2, 0) is 11.3 Å². The van der Waals surface area contributed by atoms with Gasteiger partial charge in [-0.25, -0.2) is 0 Å². The first kappa shape index (κ1) is 13.6. The van der Waals surface area contributed by atoms with Crippen LogP contribution in [0.25, 0.3) is 0 Å². The number of hydrogen-bond acceptors (Lipinski definition) is 4. The zero-order valence-corrected chi connectivity index (χ0v) is 11.2. The normalized spacial score (nSPS) is 10.4. The number of rotatable bonds is 5. The summed E-state index contributed by atoms with van der Waals surface area (Å²) in [4.78, 5) is 11.6. The molecular formula is C13H14ClN3O2. The van der Waals surface area contributed by atoms with Gasteiger partial charge in [-0.3, -0.25) is 4.79 Å². The van der Waals surface area contributed by atoms with E-state index < -0.39 is 0 Å². The molecule has 1 amide bonds. The number of halogens is 1. The van der Waals surface area contributed by atoms with E-state index in [0.717, 1.165) is 11.5 Å². The van der Waals surface area contributed by atoms with Gasteiger partial charge in [0.1, 0.15) is 5.76 Å². The molecule has 0 bridgehead atoms. The highest BCUT2D eigenvalue weighted by Crippen LogP contribution is 2.12. The van der Waals surface area contributed by atoms with E-state index in [-0.39, 0.29) is 12.5 Å². The Balaban J connectivity index is 1.74. The van der Waals surface area contributed by atoms with Crippen LogP contribution >= 0.6 is 11.6 Å². The Kier molecular flexibility index (Phi) is 4.54. The van der Waals surface area contributed by atoms with E-state index in [1.54, 1.807) is 24.3 Å². The molecule has 19 heavy (non-hydrogen) atoms. The van der Waals surface area contributed by atoms with Crippen molar-refractivity contribution in [2.24, 2.45) is 0 Å². The second-order valence-electron chi connectivity index (χ2n) is 4.09. The van der Waals surface area contributed by atoms with Gasteiger partial charge in [0.2, 0.25) is 5.91 Å². The van der Waals surface area contributed by atoms with Gasteiger partial charge in [0.15, 0.2) is 0 Å². The lowest BCUT2D eigenvalue weighted by molar-refractivity contribution is -0.115. The Bertz CT molecular complexity index is 551. The minimum atomic E-state index is -0.123. The van der Waals surface area contributed by atoms with Crippen molar-refractivity contribution in [3.05, 3.63) is 46.8 Å². The number of benzene rings is 1. The summed E-state index contributed by atoms with van der Waals surface area (Å²) in [5.41, 5.74) is 1.49. The summed E-state index contributed by atoms with van der Waals surface area (Å²) >= 11 is 5.76. The molecule has 0 spiro atoms. The minimum absolute atomic E-state index is 0.123. The maximum absolute atomic E-state index is 11.6. The fraction of sp³-hybridized carbons (Fsp3) is 0.231. The monoisotopic (exact) mass is 279 g/mol. The third kappa shape index (κ3) is 4.39. The van der Waals surface area contributed by atoms with Crippen molar-refractivity contribution in [2.45, 2.75) is 13.5 Å². The van der Waals surface area contributed by atoms with E-state index in [0.29, 0.717) is 17.3 Å². The second-order valence-corrected chi connectivity index (χ2v) is 4.52. The Morgan fingerprint density at radius 1 is 1.37 bits per heavy atom. The van der Waals surface area contributed by atoms with Crippen molar-refractivity contribution in [1.82, 2.24) is 10.5 Å². The third-order valence-corrected chi connectivity index (χ3v) is 2.65. The van der Waals surface area contributed by atoms with Crippen LogP contribution in [0, 0.1) is 6.92 Å². The van der Waals surface area contributed by atoms with Crippen LogP contribution in [0.1, 0.15) is 11.5 Å². The summed E-state index contributed by atoms with van der Waals surface area (Å²) in [5.74, 6) is 0.630. The lowest BCUT2D eigenvalue weighted by Gasteiger charge is -2.05. The van der Waals surface area contributed by atoms with Crippen molar-refractivity contribution < 1.29 is 9.32 Å². The Labute approximate surface area is 115 Å². The predicted octanol–water partition coefficient (Wildman–Crippen LogP) is 2.36. The zero-order valence-electron chi connectivity index (χ0n) is 10.4. The SMILES string of the molecule is Cc1cc(CNCC(=O)Nc2ccc(Cl)cc2)no1. The number of carbonyl (C=O) groups is 1. The molecule has 0 aliphatic rings. The van der Waals surface area contributed by atoms with Crippen molar-refractivity contribution in [1.29, 1.82) is 0 Å². The van der Waals surface area contributed by atoms with Gasteiger partial charge in [-0.2, -0.15) is 0 Å². The predicted molar refractivity (Wildman–Crippen MR) is 73.0 cm³/mol. The van der Waals surface area contributed by atoms with Crippen LogP contribution in [-0.4, -0.2) is 17.6 Å². The average molecular weight is 280 g/mol. The number of amides is 1. The third-order valence-electron chi connectivity index (χ3n) is 2.40. The summed E-state index contributed by atoms with van der Waals surface area (Å²) in [5, 5.41) is 10.2. The van der Waals surface area contributed by atoms with Gasteiger partial charge in [-0.1, -0.05) is 16.8 Å². The van der Waals surface area contributed by atoms with Crippen molar-refractivity contribution in [3.63, 3.8) is 0 Å². The van der Waals surface area contributed by atoms with Crippen LogP contribution in [0.2, 0.25) is 5.02 Å². The first-order valence-electron chi connectivity index (χ1n) is 5.82. The van der Waals surface area contributed by atoms with E-state index >= 15 is 0 Å². The molecule has 0 fully saturated rings. The number of nitrogens with one attached hydrogen (secondary N) is 2. The molecule has 0 saturated heterocycles. The maximum atomic E-state index is 11.6. The molecule has 2 rings (SSSR count). The van der Waals surface area contributed by atoms with Crippen molar-refractivity contribution in [3.8, 4) is 0 Å². The molecule has 0 unspecified atom stereocenters. The fourth-order valence-corrected chi connectivity index (χ4v) is 1.67. The number of anilines is 1. The highest BCUT2D eigenvalue weighted by atomic mass is 35.5. The molecule has 2 aromatic rings. The summed E-state index contributed by atoms with van der Waals surface area (Å²) in [6, 6.07) is 8.78. The topological polar surface area (TPSA) is 67.2 Å². The Morgan fingerprint density at radius 2 is 2.11 bits per heavy atom. The fourth-order valence-electron chi connectivity index (χ4n) is 1.54. The largest absolute Gasteiger partial charge is 0.361 e. The average Bonchev–Trinajstić information content (AvgIpc) is 2.78. The van der Waals surface area contributed by atoms with Gasteiger partial charge in [0.25, 0.3) is 0 Å². The number of aryl methyl sites for hydroxylation is 1. The molecular weight excluding hydrogens is 266 g/mol. The van der Waals surface area contributed by atoms with E-state index in [9.17, 15) is 4.79 Å². The molecule has 1 heterocycles. The molecule has 5 nitrogen and oxygen atoms in total. The smallest absolute Gasteiger partial charge is 0.238 e. The van der Waals surface area contributed by atoms with E-state index in [2.05, 4.69) is 15.8 Å². The van der Waals surface area contributed by atoms with Gasteiger partial charge < -0.3 is 15.2 Å². The van der Waals surface area contributed by atoms with Gasteiger partial charge in [0.05, 0.1) is 12.2 Å². The molecule has 0 aliphatic heterocycles. The van der Waals surface area contributed by atoms with Gasteiger partial charge in [0, 0.05) is 23.3 Å². The standard InChI is InChI=1S/C13H14ClN3O2/c1-9-6-12(17-19-9)7-15-8-13(18)16-11-4-2-10(14)3-5-11/h2-6,15H,7-8H2,1H3,(H,16,18). The highest BCUT2D eigenvalue weighted by molar-refractivity contribution is 6.30. The molecule has 0 radical (unpaired) electrons. The quantitative estimate of drug-likeness (QED) is 0.882. The van der Waals surface area contributed by atoms with E-state index in [1.807, 2.05) is 13.0 Å². The molecule has 0 atom stereocenters. The molecule has 2 N–H and O–H groups in total. The van der Waals surface area contributed by atoms with Gasteiger partial charge in [-0.05, 0) is 31.2 Å². The van der Waals surface area contributed by atoms with Crippen molar-refractivity contribution >= 4 is 23.2 Å². The number of aromatic nitrogens is 1. The number of hydrogen-bond donors (Lipinski definition) is 2. The van der Waals surface area contributed by atoms with Crippen LogP contribution in [0.5, 0.6) is 0 Å². The lowest BCUT2D eigenvalue weighted by Crippen LogP contribution is -2.27. The first-order valence-corrected chi connectivity index (χ1v) is 6.19. The van der Waals surface area contributed by atoms with Gasteiger partial charge in [-0.15, -0.1) is 0 Å². The Morgan fingerprint density at radius 3 is 2.74 bits per heavy atom. The number of nitrogens with zero attached hydrogens (tertiary/aromatic N) is 1. The van der Waals surface area contributed by atoms with Crippen LogP contribution in [0.3, 0.4) is 0 Å².